The zero-order chi connectivity index (χ0) is 23.9. The Morgan fingerprint density at radius 2 is 1.71 bits per heavy atom. The van der Waals surface area contributed by atoms with Gasteiger partial charge in [-0.1, -0.05) is 18.2 Å². The molecule has 0 spiro atoms. The number of ether oxygens (including phenoxy) is 1. The van der Waals surface area contributed by atoms with E-state index in [4.69, 9.17) is 4.74 Å². The Morgan fingerprint density at radius 1 is 0.971 bits per heavy atom. The third-order valence-electron chi connectivity index (χ3n) is 6.00. The molecular weight excluding hydrogens is 456 g/mol. The van der Waals surface area contributed by atoms with Crippen LogP contribution < -0.4 is 9.64 Å². The average Bonchev–Trinajstić information content (AvgIpc) is 3.30. The minimum Gasteiger partial charge on any atom is -0.504 e. The summed E-state index contributed by atoms with van der Waals surface area (Å²) in [5.74, 6) is 0.0656. The third kappa shape index (κ3) is 3.91. The van der Waals surface area contributed by atoms with Gasteiger partial charge in [0.25, 0.3) is 0 Å². The molecule has 1 aliphatic heterocycles. The molecule has 4 aromatic rings. The standard InChI is InChI=1S/C24H24N4O5S/c1-33-22-14-16(13-21(29)23(22)30)24-25-19-8-7-17(15-20(19)26-24)27-9-11-28(12-10-27)34(31,32)18-5-3-2-4-6-18/h2-8,13-15,29-30H,9-12H2,1H3,(H,25,26). The second kappa shape index (κ2) is 8.54. The first-order valence-electron chi connectivity index (χ1n) is 10.8. The first-order valence-corrected chi connectivity index (χ1v) is 12.2. The normalized spacial score (nSPS) is 15.0. The number of anilines is 1. The molecule has 1 saturated heterocycles. The van der Waals surface area contributed by atoms with Crippen molar-refractivity contribution in [1.82, 2.24) is 14.3 Å². The van der Waals surface area contributed by atoms with Gasteiger partial charge in [0.1, 0.15) is 5.82 Å². The molecular formula is C24H24N4O5S. The Morgan fingerprint density at radius 3 is 2.41 bits per heavy atom. The van der Waals surface area contributed by atoms with E-state index in [1.165, 1.54) is 17.5 Å². The van der Waals surface area contributed by atoms with Crippen molar-refractivity contribution in [3.8, 4) is 28.6 Å². The molecule has 0 bridgehead atoms. The smallest absolute Gasteiger partial charge is 0.243 e. The number of fused-ring (bicyclic) bond motifs is 1. The maximum Gasteiger partial charge on any atom is 0.243 e. The molecule has 1 aromatic heterocycles. The first kappa shape index (κ1) is 22.1. The van der Waals surface area contributed by atoms with E-state index in [2.05, 4.69) is 14.9 Å². The summed E-state index contributed by atoms with van der Waals surface area (Å²) in [6.07, 6.45) is 0. The number of hydrogen-bond acceptors (Lipinski definition) is 7. The molecule has 0 unspecified atom stereocenters. The molecule has 9 nitrogen and oxygen atoms in total. The van der Waals surface area contributed by atoms with Crippen molar-refractivity contribution in [3.05, 3.63) is 60.7 Å². The number of rotatable bonds is 5. The third-order valence-corrected chi connectivity index (χ3v) is 7.91. The van der Waals surface area contributed by atoms with Crippen molar-refractivity contribution in [2.24, 2.45) is 0 Å². The van der Waals surface area contributed by atoms with Gasteiger partial charge < -0.3 is 24.8 Å². The van der Waals surface area contributed by atoms with E-state index in [9.17, 15) is 18.6 Å². The fraction of sp³-hybridized carbons (Fsp3) is 0.208. The fourth-order valence-corrected chi connectivity index (χ4v) is 5.59. The number of phenols is 2. The average molecular weight is 481 g/mol. The maximum absolute atomic E-state index is 12.9. The summed E-state index contributed by atoms with van der Waals surface area (Å²) < 4.78 is 32.4. The zero-order valence-electron chi connectivity index (χ0n) is 18.5. The minimum absolute atomic E-state index is 0.152. The quantitative estimate of drug-likeness (QED) is 0.376. The number of hydrogen-bond donors (Lipinski definition) is 3. The van der Waals surface area contributed by atoms with E-state index in [-0.39, 0.29) is 17.2 Å². The lowest BCUT2D eigenvalue weighted by atomic mass is 10.1. The maximum atomic E-state index is 12.9. The summed E-state index contributed by atoms with van der Waals surface area (Å²) in [5, 5.41) is 19.9. The number of piperazine rings is 1. The molecule has 0 saturated carbocycles. The molecule has 1 aliphatic rings. The number of benzene rings is 3. The molecule has 0 amide bonds. The lowest BCUT2D eigenvalue weighted by Gasteiger charge is -2.35. The van der Waals surface area contributed by atoms with Crippen LogP contribution in [0.25, 0.3) is 22.4 Å². The van der Waals surface area contributed by atoms with E-state index in [0.717, 1.165) is 16.7 Å². The highest BCUT2D eigenvalue weighted by atomic mass is 32.2. The van der Waals surface area contributed by atoms with E-state index in [1.807, 2.05) is 18.2 Å². The van der Waals surface area contributed by atoms with Crippen LogP contribution in [-0.2, 0) is 10.0 Å². The van der Waals surface area contributed by atoms with E-state index in [1.54, 1.807) is 36.4 Å². The second-order valence-corrected chi connectivity index (χ2v) is 9.98. The highest BCUT2D eigenvalue weighted by molar-refractivity contribution is 7.89. The Bertz CT molecular complexity index is 1450. The number of phenolic OH excluding ortho intramolecular Hbond substituents is 2. The van der Waals surface area contributed by atoms with Gasteiger partial charge in [0, 0.05) is 37.4 Å². The van der Waals surface area contributed by atoms with Gasteiger partial charge in [-0.2, -0.15) is 4.31 Å². The Labute approximate surface area is 196 Å². The monoisotopic (exact) mass is 480 g/mol. The number of nitrogens with zero attached hydrogens (tertiary/aromatic N) is 3. The van der Waals surface area contributed by atoms with Gasteiger partial charge in [-0.25, -0.2) is 13.4 Å². The van der Waals surface area contributed by atoms with Crippen LogP contribution in [0.3, 0.4) is 0 Å². The summed E-state index contributed by atoms with van der Waals surface area (Å²) >= 11 is 0. The van der Waals surface area contributed by atoms with Crippen LogP contribution in [0.15, 0.2) is 65.6 Å². The van der Waals surface area contributed by atoms with Gasteiger partial charge in [0.2, 0.25) is 15.8 Å². The van der Waals surface area contributed by atoms with Gasteiger partial charge in [-0.15, -0.1) is 0 Å². The van der Waals surface area contributed by atoms with Gasteiger partial charge in [-0.05, 0) is 42.5 Å². The summed E-state index contributed by atoms with van der Waals surface area (Å²) in [6, 6.07) is 17.4. The van der Waals surface area contributed by atoms with E-state index in [0.29, 0.717) is 42.5 Å². The molecule has 2 heterocycles. The number of aromatic amines is 1. The van der Waals surface area contributed by atoms with Crippen LogP contribution in [0.5, 0.6) is 17.2 Å². The molecule has 0 atom stereocenters. The fourth-order valence-electron chi connectivity index (χ4n) is 4.14. The van der Waals surface area contributed by atoms with Crippen LogP contribution in [-0.4, -0.2) is 66.2 Å². The van der Waals surface area contributed by atoms with Gasteiger partial charge in [0.05, 0.1) is 23.0 Å². The SMILES string of the molecule is COc1cc(-c2nc3ccc(N4CCN(S(=O)(=O)c5ccccc5)CC4)cc3[nH]2)cc(O)c1O. The van der Waals surface area contributed by atoms with Crippen LogP contribution >= 0.6 is 0 Å². The van der Waals surface area contributed by atoms with Crippen LogP contribution in [0.1, 0.15) is 0 Å². The van der Waals surface area contributed by atoms with Crippen LogP contribution in [0, 0.1) is 0 Å². The highest BCUT2D eigenvalue weighted by Gasteiger charge is 2.28. The van der Waals surface area contributed by atoms with Crippen molar-refractivity contribution in [3.63, 3.8) is 0 Å². The van der Waals surface area contributed by atoms with Crippen molar-refractivity contribution >= 4 is 26.7 Å². The molecule has 0 aliphatic carbocycles. The number of nitrogens with one attached hydrogen (secondary N) is 1. The topological polar surface area (TPSA) is 119 Å². The Hall–Kier alpha value is -3.76. The van der Waals surface area contributed by atoms with Gasteiger partial charge in [-0.3, -0.25) is 0 Å². The second-order valence-electron chi connectivity index (χ2n) is 8.04. The van der Waals surface area contributed by atoms with Crippen molar-refractivity contribution < 1.29 is 23.4 Å². The molecule has 3 aromatic carbocycles. The lowest BCUT2D eigenvalue weighted by molar-refractivity contribution is 0.351. The molecule has 3 N–H and O–H groups in total. The highest BCUT2D eigenvalue weighted by Crippen LogP contribution is 2.39. The predicted octanol–water partition coefficient (Wildman–Crippen LogP) is 3.16. The molecule has 176 valence electrons. The molecule has 0 radical (unpaired) electrons. The Kier molecular flexibility index (Phi) is 5.54. The first-order chi connectivity index (χ1) is 16.4. The van der Waals surface area contributed by atoms with E-state index >= 15 is 0 Å². The summed E-state index contributed by atoms with van der Waals surface area (Å²) in [4.78, 5) is 10.3. The number of H-pyrrole nitrogens is 1. The number of aromatic nitrogens is 2. The number of methoxy groups -OCH3 is 1. The number of imidazole rings is 1. The van der Waals surface area contributed by atoms with Gasteiger partial charge in [0.15, 0.2) is 11.5 Å². The van der Waals surface area contributed by atoms with Crippen LogP contribution in [0.2, 0.25) is 0 Å². The van der Waals surface area contributed by atoms with Crippen molar-refractivity contribution in [1.29, 1.82) is 0 Å². The Balaban J connectivity index is 1.36. The number of aromatic hydroxyl groups is 2. The molecule has 5 rings (SSSR count). The zero-order valence-corrected chi connectivity index (χ0v) is 19.3. The van der Waals surface area contributed by atoms with Gasteiger partial charge >= 0.3 is 0 Å². The number of sulfonamides is 1. The molecule has 10 heteroatoms. The van der Waals surface area contributed by atoms with E-state index < -0.39 is 10.0 Å². The summed E-state index contributed by atoms with van der Waals surface area (Å²) in [5.41, 5.74) is 3.09. The minimum atomic E-state index is -3.50. The molecule has 34 heavy (non-hydrogen) atoms. The van der Waals surface area contributed by atoms with Crippen molar-refractivity contribution in [2.45, 2.75) is 4.90 Å². The lowest BCUT2D eigenvalue weighted by Crippen LogP contribution is -2.48. The predicted molar refractivity (Wildman–Crippen MR) is 129 cm³/mol. The summed E-state index contributed by atoms with van der Waals surface area (Å²) in [7, 11) is -2.09. The molecule has 1 fully saturated rings. The summed E-state index contributed by atoms with van der Waals surface area (Å²) in [6.45, 7) is 1.94. The largest absolute Gasteiger partial charge is 0.504 e. The van der Waals surface area contributed by atoms with Crippen molar-refractivity contribution in [2.75, 3.05) is 38.2 Å². The van der Waals surface area contributed by atoms with Crippen LogP contribution in [0.4, 0.5) is 5.69 Å².